The first-order chi connectivity index (χ1) is 21.5. The summed E-state index contributed by atoms with van der Waals surface area (Å²) < 4.78 is 122. The van der Waals surface area contributed by atoms with Crippen molar-refractivity contribution in [3.05, 3.63) is 28.8 Å². The zero-order chi connectivity index (χ0) is 33.8. The molecule has 5 rings (SSSR count). The maximum Gasteiger partial charge on any atom is 0.425 e. The Morgan fingerprint density at radius 3 is 2.43 bits per heavy atom. The largest absolute Gasteiger partial charge is 0.481 e. The number of nitrogens with one attached hydrogen (secondary N) is 2. The minimum atomic E-state index is -5.30. The van der Waals surface area contributed by atoms with E-state index in [0.29, 0.717) is 6.07 Å². The Morgan fingerprint density at radius 1 is 1.13 bits per heavy atom. The first-order valence-corrected chi connectivity index (χ1v) is 13.8. The van der Waals surface area contributed by atoms with E-state index in [4.69, 9.17) is 10.5 Å². The van der Waals surface area contributed by atoms with E-state index < -0.39 is 106 Å². The van der Waals surface area contributed by atoms with E-state index in [1.54, 1.807) is 0 Å². The van der Waals surface area contributed by atoms with Gasteiger partial charge in [0.25, 0.3) is 0 Å². The number of ether oxygens (including phenoxy) is 1. The minimum Gasteiger partial charge on any atom is -0.481 e. The Morgan fingerprint density at radius 2 is 1.85 bits per heavy atom. The second kappa shape index (κ2) is 11.8. The lowest BCUT2D eigenvalue weighted by Crippen LogP contribution is -2.64. The van der Waals surface area contributed by atoms with Crippen LogP contribution in [-0.2, 0) is 11.0 Å². The number of nitrogens with two attached hydrogens (primary N) is 1. The van der Waals surface area contributed by atoms with Gasteiger partial charge < -0.3 is 36.2 Å². The van der Waals surface area contributed by atoms with Gasteiger partial charge in [-0.3, -0.25) is 4.79 Å². The van der Waals surface area contributed by atoms with Gasteiger partial charge in [0.05, 0.1) is 29.8 Å². The normalized spacial score (nSPS) is 20.8. The average molecular weight is 666 g/mol. The molecule has 0 aliphatic carbocycles. The highest BCUT2D eigenvalue weighted by molar-refractivity contribution is 5.97. The monoisotopic (exact) mass is 665 g/mol. The smallest absolute Gasteiger partial charge is 0.425 e. The molecule has 11 nitrogen and oxygen atoms in total. The van der Waals surface area contributed by atoms with Gasteiger partial charge in [0.1, 0.15) is 28.2 Å². The number of aliphatic hydroxyl groups excluding tert-OH is 1. The molecule has 2 aliphatic rings. The number of nitrogens with zero attached hydrogens (tertiary/aromatic N) is 4. The number of nitrogen functional groups attached to an aromatic ring is 1. The number of benzene rings is 1. The molecular weight excluding hydrogens is 638 g/mol. The van der Waals surface area contributed by atoms with Gasteiger partial charge in [-0.05, 0) is 31.5 Å². The molecule has 0 saturated carbocycles. The van der Waals surface area contributed by atoms with Gasteiger partial charge in [0.2, 0.25) is 11.8 Å². The van der Waals surface area contributed by atoms with E-state index in [2.05, 4.69) is 25.6 Å². The predicted molar refractivity (Wildman–Crippen MR) is 147 cm³/mol. The van der Waals surface area contributed by atoms with Gasteiger partial charge in [0, 0.05) is 31.6 Å². The first kappa shape index (κ1) is 33.1. The highest BCUT2D eigenvalue weighted by Crippen LogP contribution is 2.46. The van der Waals surface area contributed by atoms with Crippen LogP contribution < -0.4 is 26.0 Å². The zero-order valence-corrected chi connectivity index (χ0v) is 23.9. The molecule has 1 fully saturated rings. The fraction of sp³-hybridized carbons (Fsp3) is 0.481. The van der Waals surface area contributed by atoms with Crippen molar-refractivity contribution in [1.29, 1.82) is 0 Å². The number of pyridine rings is 1. The van der Waals surface area contributed by atoms with Crippen molar-refractivity contribution in [1.82, 2.24) is 20.3 Å². The molecule has 2 aromatic heterocycles. The number of alkyl halides is 6. The maximum absolute atomic E-state index is 16.6. The summed E-state index contributed by atoms with van der Waals surface area (Å²) in [5.74, 6) is -5.96. The van der Waals surface area contributed by atoms with Gasteiger partial charge in [-0.2, -0.15) is 31.3 Å². The number of halogens is 8. The molecule has 4 heterocycles. The third-order valence-electron chi connectivity index (χ3n) is 7.99. The van der Waals surface area contributed by atoms with E-state index in [-0.39, 0.29) is 44.4 Å². The number of anilines is 3. The van der Waals surface area contributed by atoms with E-state index >= 15 is 4.39 Å². The van der Waals surface area contributed by atoms with Crippen LogP contribution in [0.4, 0.5) is 52.6 Å². The SMILES string of the molecule is Cc1c(F)c(N)cc(-c2nc3c4c(nc(N5CCC5(CO)CC(=O)O)nc4c2F)NCCNCC[C@H](C(F)(F)F)O3)c1C(F)(F)F. The number of carboxylic acids is 1. The van der Waals surface area contributed by atoms with Crippen LogP contribution in [0.25, 0.3) is 22.2 Å². The summed E-state index contributed by atoms with van der Waals surface area (Å²) >= 11 is 0. The van der Waals surface area contributed by atoms with Crippen molar-refractivity contribution in [2.75, 3.05) is 48.7 Å². The van der Waals surface area contributed by atoms with E-state index in [1.165, 1.54) is 4.90 Å². The molecule has 0 amide bonds. The molecule has 0 bridgehead atoms. The topological polar surface area (TPSA) is 159 Å². The molecule has 0 radical (unpaired) electrons. The zero-order valence-electron chi connectivity index (χ0n) is 23.9. The third-order valence-corrected chi connectivity index (χ3v) is 7.99. The molecule has 1 unspecified atom stereocenters. The number of aliphatic hydroxyl groups is 1. The lowest BCUT2D eigenvalue weighted by molar-refractivity contribution is -0.196. The summed E-state index contributed by atoms with van der Waals surface area (Å²) in [5, 5.41) is 24.6. The van der Waals surface area contributed by atoms with Gasteiger partial charge in [0.15, 0.2) is 11.9 Å². The van der Waals surface area contributed by atoms with Crippen LogP contribution in [0.3, 0.4) is 0 Å². The van der Waals surface area contributed by atoms with Crippen LogP contribution >= 0.6 is 0 Å². The Labute approximate surface area is 254 Å². The van der Waals surface area contributed by atoms with Crippen molar-refractivity contribution in [3.63, 3.8) is 0 Å². The van der Waals surface area contributed by atoms with Gasteiger partial charge in [-0.15, -0.1) is 0 Å². The lowest BCUT2D eigenvalue weighted by Gasteiger charge is -2.51. The second-order valence-corrected chi connectivity index (χ2v) is 11.0. The number of aromatic nitrogens is 3. The van der Waals surface area contributed by atoms with E-state index in [0.717, 1.165) is 6.92 Å². The number of hydrogen-bond acceptors (Lipinski definition) is 10. The molecule has 46 heavy (non-hydrogen) atoms. The number of hydrogen-bond donors (Lipinski definition) is 5. The molecule has 250 valence electrons. The van der Waals surface area contributed by atoms with Crippen molar-refractivity contribution >= 4 is 34.3 Å². The summed E-state index contributed by atoms with van der Waals surface area (Å²) in [4.78, 5) is 25.0. The van der Waals surface area contributed by atoms with Gasteiger partial charge in [-0.1, -0.05) is 0 Å². The first-order valence-electron chi connectivity index (χ1n) is 13.8. The Kier molecular flexibility index (Phi) is 8.52. The van der Waals surface area contributed by atoms with Gasteiger partial charge in [-0.25, -0.2) is 18.7 Å². The van der Waals surface area contributed by atoms with E-state index in [1.807, 2.05) is 0 Å². The number of carbonyl (C=O) groups is 1. The molecule has 0 spiro atoms. The summed E-state index contributed by atoms with van der Waals surface area (Å²) in [6, 6.07) is 0.464. The third kappa shape index (κ3) is 5.88. The lowest BCUT2D eigenvalue weighted by atomic mass is 9.82. The van der Waals surface area contributed by atoms with Crippen molar-refractivity contribution in [3.8, 4) is 17.1 Å². The van der Waals surface area contributed by atoms with Crippen LogP contribution in [0.2, 0.25) is 0 Å². The molecule has 3 aromatic rings. The van der Waals surface area contributed by atoms with Crippen LogP contribution in [0.1, 0.15) is 30.4 Å². The highest BCUT2D eigenvalue weighted by Gasteiger charge is 2.48. The number of aliphatic carboxylic acids is 1. The number of carboxylic acid groups (broad SMARTS) is 1. The Hall–Kier alpha value is -4.26. The Balaban J connectivity index is 1.86. The highest BCUT2D eigenvalue weighted by atomic mass is 19.4. The Bertz CT molecular complexity index is 1680. The average Bonchev–Trinajstić information content (AvgIpc) is 2.98. The molecule has 1 saturated heterocycles. The van der Waals surface area contributed by atoms with E-state index in [9.17, 15) is 45.7 Å². The molecule has 2 atom stereocenters. The molecule has 19 heteroatoms. The van der Waals surface area contributed by atoms with Crippen molar-refractivity contribution in [2.45, 2.75) is 50.2 Å². The predicted octanol–water partition coefficient (Wildman–Crippen LogP) is 4.01. The summed E-state index contributed by atoms with van der Waals surface area (Å²) in [6.07, 6.45) is -14.0. The van der Waals surface area contributed by atoms with Crippen molar-refractivity contribution < 1.29 is 54.9 Å². The summed E-state index contributed by atoms with van der Waals surface area (Å²) in [5.41, 5.74) is -2.44. The molecular formula is C27H27F8N7O4. The fourth-order valence-electron chi connectivity index (χ4n) is 5.60. The summed E-state index contributed by atoms with van der Waals surface area (Å²) in [7, 11) is 0. The van der Waals surface area contributed by atoms with Crippen molar-refractivity contribution in [2.24, 2.45) is 0 Å². The molecule has 6 N–H and O–H groups in total. The standard InChI is InChI=1S/C27H27F8N7O4/c1-11-17(27(33,34)35)12(8-13(36)18(11)28)20-19(29)21-16-22(41-24(40-21)42-7-3-25(42,10-43)9-15(44)45)38-6-5-37-4-2-14(26(30,31)32)46-23(16)39-20/h8,14,37,43H,2-7,9-10,36H2,1H3,(H,44,45)(H,38,40,41)/t14-,25?/m1/s1. The second-order valence-electron chi connectivity index (χ2n) is 11.0. The van der Waals surface area contributed by atoms with Crippen LogP contribution in [-0.4, -0.2) is 81.7 Å². The molecule has 1 aromatic carbocycles. The van der Waals surface area contributed by atoms with Crippen LogP contribution in [0, 0.1) is 18.6 Å². The minimum absolute atomic E-state index is 0.0111. The quantitative estimate of drug-likeness (QED) is 0.198. The van der Waals surface area contributed by atoms with Gasteiger partial charge >= 0.3 is 18.3 Å². The van der Waals surface area contributed by atoms with Crippen LogP contribution in [0.15, 0.2) is 6.07 Å². The maximum atomic E-state index is 16.6. The molecule has 2 aliphatic heterocycles. The number of rotatable bonds is 5. The van der Waals surface area contributed by atoms with Crippen LogP contribution in [0.5, 0.6) is 5.88 Å². The summed E-state index contributed by atoms with van der Waals surface area (Å²) in [6.45, 7) is 0.0374. The fourth-order valence-corrected chi connectivity index (χ4v) is 5.60.